The van der Waals surface area contributed by atoms with Crippen LogP contribution in [0, 0.1) is 11.7 Å². The van der Waals surface area contributed by atoms with Gasteiger partial charge < -0.3 is 20.4 Å². The molecule has 39 heavy (non-hydrogen) atoms. The Morgan fingerprint density at radius 2 is 1.95 bits per heavy atom. The van der Waals surface area contributed by atoms with Crippen LogP contribution in [0.1, 0.15) is 25.5 Å². The van der Waals surface area contributed by atoms with E-state index in [1.54, 1.807) is 25.1 Å². The zero-order chi connectivity index (χ0) is 28.6. The topological polar surface area (TPSA) is 130 Å². The zero-order valence-corrected chi connectivity index (χ0v) is 23.3. The first kappa shape index (κ1) is 28.1. The summed E-state index contributed by atoms with van der Waals surface area (Å²) in [6.07, 6.45) is 2.85. The van der Waals surface area contributed by atoms with Crippen LogP contribution in [-0.2, 0) is 4.79 Å². The highest BCUT2D eigenvalue weighted by molar-refractivity contribution is 6.31. The van der Waals surface area contributed by atoms with Crippen molar-refractivity contribution >= 4 is 52.1 Å². The maximum Gasteiger partial charge on any atom is 0.275 e. The van der Waals surface area contributed by atoms with E-state index in [0.717, 1.165) is 0 Å². The molecule has 3 heterocycles. The number of aliphatic imine (C=N–C) groups is 1. The number of nitrogens with zero attached hydrogens (tertiary/aromatic N) is 5. The van der Waals surface area contributed by atoms with Crippen molar-refractivity contribution in [3.63, 3.8) is 0 Å². The minimum absolute atomic E-state index is 0.0826. The molecule has 0 aliphatic carbocycles. The molecular formula is C26H26Cl2FN7O3. The van der Waals surface area contributed by atoms with Crippen molar-refractivity contribution in [1.29, 1.82) is 0 Å². The third-order valence-corrected chi connectivity index (χ3v) is 6.62. The van der Waals surface area contributed by atoms with Crippen molar-refractivity contribution in [3.05, 3.63) is 79.7 Å². The Bertz CT molecular complexity index is 1570. The van der Waals surface area contributed by atoms with E-state index in [4.69, 9.17) is 38.7 Å². The summed E-state index contributed by atoms with van der Waals surface area (Å²) in [4.78, 5) is 44.6. The Kier molecular flexibility index (Phi) is 7.94. The molecule has 0 bridgehead atoms. The van der Waals surface area contributed by atoms with Crippen LogP contribution in [0.15, 0.2) is 57.7 Å². The molecule has 13 heteroatoms. The summed E-state index contributed by atoms with van der Waals surface area (Å²) >= 11 is 12.0. The van der Waals surface area contributed by atoms with Gasteiger partial charge in [-0.05, 0) is 29.7 Å². The number of hydrogen-bond donors (Lipinski definition) is 2. The molecule has 1 atom stereocenters. The minimum Gasteiger partial charge on any atom is -0.479 e. The van der Waals surface area contributed by atoms with E-state index in [-0.39, 0.29) is 33.2 Å². The van der Waals surface area contributed by atoms with Crippen LogP contribution in [0.5, 0.6) is 5.88 Å². The van der Waals surface area contributed by atoms with Crippen molar-refractivity contribution in [3.8, 4) is 5.88 Å². The molecule has 3 aromatic rings. The highest BCUT2D eigenvalue weighted by Gasteiger charge is 2.43. The van der Waals surface area contributed by atoms with Gasteiger partial charge in [-0.1, -0.05) is 43.1 Å². The lowest BCUT2D eigenvalue weighted by Gasteiger charge is -2.29. The predicted octanol–water partition coefficient (Wildman–Crippen LogP) is 4.41. The molecule has 4 rings (SSSR count). The van der Waals surface area contributed by atoms with Crippen molar-refractivity contribution in [2.24, 2.45) is 16.6 Å². The number of rotatable bonds is 7. The quantitative estimate of drug-likeness (QED) is 0.400. The number of carbonyl (C=O) groups is 1. The van der Waals surface area contributed by atoms with E-state index in [9.17, 15) is 14.0 Å². The molecule has 2 aromatic heterocycles. The Balaban J connectivity index is 1.97. The second-order valence-electron chi connectivity index (χ2n) is 9.22. The Hall–Kier alpha value is -3.96. The van der Waals surface area contributed by atoms with Crippen LogP contribution >= 0.6 is 23.2 Å². The first-order chi connectivity index (χ1) is 18.4. The number of benzene rings is 1. The van der Waals surface area contributed by atoms with Gasteiger partial charge in [-0.25, -0.2) is 14.4 Å². The van der Waals surface area contributed by atoms with Gasteiger partial charge in [0.05, 0.1) is 35.8 Å². The van der Waals surface area contributed by atoms with Gasteiger partial charge in [0.15, 0.2) is 0 Å². The van der Waals surface area contributed by atoms with Crippen LogP contribution in [0.2, 0.25) is 10.0 Å². The summed E-state index contributed by atoms with van der Waals surface area (Å²) in [5, 5.41) is -0.213. The van der Waals surface area contributed by atoms with Crippen molar-refractivity contribution in [2.75, 3.05) is 31.0 Å². The number of amides is 1. The Morgan fingerprint density at radius 1 is 1.23 bits per heavy atom. The molecular weight excluding hydrogens is 548 g/mol. The average Bonchev–Trinajstić information content (AvgIpc) is 3.15. The van der Waals surface area contributed by atoms with Gasteiger partial charge in [0.25, 0.3) is 11.5 Å². The molecule has 1 amide bonds. The van der Waals surface area contributed by atoms with Gasteiger partial charge >= 0.3 is 0 Å². The monoisotopic (exact) mass is 573 g/mol. The summed E-state index contributed by atoms with van der Waals surface area (Å²) in [5.74, 6) is -0.879. The van der Waals surface area contributed by atoms with Crippen molar-refractivity contribution in [2.45, 2.75) is 19.9 Å². The number of hydrogen-bond acceptors (Lipinski definition) is 8. The second-order valence-corrected chi connectivity index (χ2v) is 10.0. The average molecular weight is 574 g/mol. The summed E-state index contributed by atoms with van der Waals surface area (Å²) in [5.41, 5.74) is 7.54. The third kappa shape index (κ3) is 5.32. The van der Waals surface area contributed by atoms with Crippen LogP contribution in [0.4, 0.5) is 21.7 Å². The van der Waals surface area contributed by atoms with E-state index < -0.39 is 23.3 Å². The number of anilines is 2. The van der Waals surface area contributed by atoms with Crippen molar-refractivity contribution in [1.82, 2.24) is 15.0 Å². The summed E-state index contributed by atoms with van der Waals surface area (Å²) in [7, 11) is 5.05. The number of methoxy groups -OCH3 is 1. The van der Waals surface area contributed by atoms with Gasteiger partial charge in [0.2, 0.25) is 11.8 Å². The number of carbonyl (C=O) groups excluding carboxylic acids is 1. The predicted molar refractivity (Wildman–Crippen MR) is 150 cm³/mol. The largest absolute Gasteiger partial charge is 0.479 e. The second kappa shape index (κ2) is 11.0. The van der Waals surface area contributed by atoms with Crippen LogP contribution < -0.4 is 25.8 Å². The van der Waals surface area contributed by atoms with E-state index in [1.165, 1.54) is 42.6 Å². The van der Waals surface area contributed by atoms with Gasteiger partial charge in [-0.2, -0.15) is 4.98 Å². The molecule has 0 spiro atoms. The van der Waals surface area contributed by atoms with E-state index >= 15 is 0 Å². The van der Waals surface area contributed by atoms with E-state index in [0.29, 0.717) is 28.5 Å². The Labute approximate surface area is 233 Å². The SMILES string of the molecule is COc1nc(N(C)C)ncc1N=C(C1=C(N)C(=O)N(c2c[nH]c(=O)c(Cl)c2)C1c1ccc(Cl)c(F)c1)C(C)C. The van der Waals surface area contributed by atoms with Crippen LogP contribution in [-0.4, -0.2) is 47.8 Å². The van der Waals surface area contributed by atoms with Crippen molar-refractivity contribution < 1.29 is 13.9 Å². The molecule has 1 unspecified atom stereocenters. The maximum atomic E-state index is 14.7. The number of aromatic amines is 1. The number of aromatic nitrogens is 3. The lowest BCUT2D eigenvalue weighted by Crippen LogP contribution is -2.32. The smallest absolute Gasteiger partial charge is 0.275 e. The summed E-state index contributed by atoms with van der Waals surface area (Å²) in [6, 6.07) is 4.63. The molecule has 0 saturated heterocycles. The summed E-state index contributed by atoms with van der Waals surface area (Å²) in [6.45, 7) is 3.76. The van der Waals surface area contributed by atoms with Gasteiger partial charge in [-0.3, -0.25) is 14.5 Å². The number of nitrogens with one attached hydrogen (secondary N) is 1. The van der Waals surface area contributed by atoms with E-state index in [2.05, 4.69) is 15.0 Å². The molecule has 1 aromatic carbocycles. The molecule has 3 N–H and O–H groups in total. The molecule has 1 aliphatic heterocycles. The number of nitrogens with two attached hydrogens (primary N) is 1. The molecule has 0 radical (unpaired) electrons. The lowest BCUT2D eigenvalue weighted by atomic mass is 9.90. The molecule has 10 nitrogen and oxygen atoms in total. The number of ether oxygens (including phenoxy) is 1. The van der Waals surface area contributed by atoms with Crippen LogP contribution in [0.25, 0.3) is 0 Å². The molecule has 204 valence electrons. The first-order valence-electron chi connectivity index (χ1n) is 11.8. The van der Waals surface area contributed by atoms with Crippen LogP contribution in [0.3, 0.4) is 0 Å². The lowest BCUT2D eigenvalue weighted by molar-refractivity contribution is -0.114. The molecule has 0 saturated carbocycles. The number of H-pyrrole nitrogens is 1. The third-order valence-electron chi connectivity index (χ3n) is 6.03. The minimum atomic E-state index is -0.930. The van der Waals surface area contributed by atoms with E-state index in [1.807, 2.05) is 13.8 Å². The highest BCUT2D eigenvalue weighted by Crippen LogP contribution is 2.43. The normalized spacial score (nSPS) is 15.9. The summed E-state index contributed by atoms with van der Waals surface area (Å²) < 4.78 is 20.2. The maximum absolute atomic E-state index is 14.7. The molecule has 0 fully saturated rings. The fourth-order valence-corrected chi connectivity index (χ4v) is 4.47. The van der Waals surface area contributed by atoms with Gasteiger partial charge in [-0.15, -0.1) is 0 Å². The van der Waals surface area contributed by atoms with Gasteiger partial charge in [0.1, 0.15) is 22.2 Å². The zero-order valence-electron chi connectivity index (χ0n) is 21.8. The number of halogens is 3. The number of pyridine rings is 1. The fourth-order valence-electron chi connectivity index (χ4n) is 4.19. The first-order valence-corrected chi connectivity index (χ1v) is 12.5. The standard InChI is InChI=1S/C26H26Cl2FN7O3/c1-12(2)21(33-18-11-32-26(35(3)4)34-24(18)39-5)19-20(30)25(38)36(14-9-16(28)23(37)31-10-14)22(19)13-6-7-15(27)17(29)8-13/h6-12,22H,30H2,1-5H3,(H,31,37). The Morgan fingerprint density at radius 3 is 2.54 bits per heavy atom. The molecule has 1 aliphatic rings. The van der Waals surface area contributed by atoms with Gasteiger partial charge in [0, 0.05) is 25.9 Å². The fraction of sp³-hybridized carbons (Fsp3) is 0.269. The highest BCUT2D eigenvalue weighted by atomic mass is 35.5.